The van der Waals surface area contributed by atoms with Gasteiger partial charge in [0.2, 0.25) is 0 Å². The number of para-hydroxylation sites is 1. The maximum Gasteiger partial charge on any atom is 0.351 e. The highest BCUT2D eigenvalue weighted by atomic mass is 32.1. The summed E-state index contributed by atoms with van der Waals surface area (Å²) in [5.74, 6) is -0.845. The molecule has 1 aliphatic heterocycles. The number of hydrogen-bond donors (Lipinski definition) is 1. The SMILES string of the molecule is Cc1nc(-c2ccccc2)c(C(=O)OCC(=O)N2CCN(C(=O)Nc3ccccc3)CC2)s1. The number of nitrogens with one attached hydrogen (secondary N) is 1. The summed E-state index contributed by atoms with van der Waals surface area (Å²) in [5, 5.41) is 3.59. The lowest BCUT2D eigenvalue weighted by Gasteiger charge is -2.34. The average molecular weight is 465 g/mol. The smallest absolute Gasteiger partial charge is 0.351 e. The standard InChI is InChI=1S/C24H24N4O4S/c1-17-25-21(18-8-4-2-5-9-18)22(33-17)23(30)32-16-20(29)27-12-14-28(15-13-27)24(31)26-19-10-6-3-7-11-19/h2-11H,12-16H2,1H3,(H,26,31). The molecule has 33 heavy (non-hydrogen) atoms. The fraction of sp³-hybridized carbons (Fsp3) is 0.250. The van der Waals surface area contributed by atoms with Gasteiger partial charge in [-0.05, 0) is 19.1 Å². The minimum atomic E-state index is -0.561. The Morgan fingerprint density at radius 3 is 2.21 bits per heavy atom. The van der Waals surface area contributed by atoms with Crippen LogP contribution in [0.2, 0.25) is 0 Å². The van der Waals surface area contributed by atoms with E-state index in [9.17, 15) is 14.4 Å². The lowest BCUT2D eigenvalue weighted by Crippen LogP contribution is -2.52. The van der Waals surface area contributed by atoms with Crippen molar-refractivity contribution in [2.24, 2.45) is 0 Å². The van der Waals surface area contributed by atoms with Gasteiger partial charge in [-0.2, -0.15) is 0 Å². The van der Waals surface area contributed by atoms with Crippen molar-refractivity contribution in [2.45, 2.75) is 6.92 Å². The summed E-state index contributed by atoms with van der Waals surface area (Å²) in [4.78, 5) is 45.8. The summed E-state index contributed by atoms with van der Waals surface area (Å²) in [7, 11) is 0. The van der Waals surface area contributed by atoms with Crippen LogP contribution >= 0.6 is 11.3 Å². The number of carbonyl (C=O) groups excluding carboxylic acids is 3. The number of esters is 1. The summed E-state index contributed by atoms with van der Waals surface area (Å²) in [6, 6.07) is 18.4. The minimum Gasteiger partial charge on any atom is -0.451 e. The van der Waals surface area contributed by atoms with E-state index in [4.69, 9.17) is 4.74 Å². The normalized spacial score (nSPS) is 13.5. The average Bonchev–Trinajstić information content (AvgIpc) is 3.25. The molecule has 1 fully saturated rings. The summed E-state index contributed by atoms with van der Waals surface area (Å²) in [6.07, 6.45) is 0. The van der Waals surface area contributed by atoms with Crippen molar-refractivity contribution in [3.63, 3.8) is 0 Å². The van der Waals surface area contributed by atoms with Gasteiger partial charge in [-0.3, -0.25) is 4.79 Å². The van der Waals surface area contributed by atoms with Gasteiger partial charge in [0, 0.05) is 37.4 Å². The molecule has 1 aliphatic rings. The summed E-state index contributed by atoms with van der Waals surface area (Å²) < 4.78 is 5.32. The summed E-state index contributed by atoms with van der Waals surface area (Å²) >= 11 is 1.25. The second-order valence-corrected chi connectivity index (χ2v) is 8.72. The fourth-order valence-corrected chi connectivity index (χ4v) is 4.36. The number of hydrogen-bond acceptors (Lipinski definition) is 6. The Bertz CT molecular complexity index is 1130. The van der Waals surface area contributed by atoms with Gasteiger partial charge in [0.15, 0.2) is 6.61 Å². The Kier molecular flexibility index (Phi) is 6.99. The third-order valence-electron chi connectivity index (χ3n) is 5.24. The molecule has 0 spiro atoms. The molecule has 3 aromatic rings. The number of aromatic nitrogens is 1. The molecule has 1 saturated heterocycles. The highest BCUT2D eigenvalue weighted by Gasteiger charge is 2.26. The fourth-order valence-electron chi connectivity index (χ4n) is 3.52. The van der Waals surface area contributed by atoms with Crippen LogP contribution in [0.25, 0.3) is 11.3 Å². The van der Waals surface area contributed by atoms with E-state index in [0.717, 1.165) is 16.3 Å². The van der Waals surface area contributed by atoms with Gasteiger partial charge in [-0.25, -0.2) is 14.6 Å². The molecule has 2 aromatic carbocycles. The number of urea groups is 1. The summed E-state index contributed by atoms with van der Waals surface area (Å²) in [6.45, 7) is 3.06. The van der Waals surface area contributed by atoms with Gasteiger partial charge in [0.25, 0.3) is 5.91 Å². The van der Waals surface area contributed by atoms with Crippen molar-refractivity contribution >= 4 is 34.9 Å². The van der Waals surface area contributed by atoms with E-state index < -0.39 is 5.97 Å². The molecule has 0 radical (unpaired) electrons. The van der Waals surface area contributed by atoms with E-state index in [-0.39, 0.29) is 18.5 Å². The van der Waals surface area contributed by atoms with Crippen molar-refractivity contribution in [1.29, 1.82) is 0 Å². The molecular formula is C24H24N4O4S. The maximum atomic E-state index is 12.7. The highest BCUT2D eigenvalue weighted by Crippen LogP contribution is 2.28. The Labute approximate surface area is 195 Å². The van der Waals surface area contributed by atoms with E-state index in [1.165, 1.54) is 11.3 Å². The molecule has 8 nitrogen and oxygen atoms in total. The number of thiazole rings is 1. The third-order valence-corrected chi connectivity index (χ3v) is 6.19. The number of benzene rings is 2. The van der Waals surface area contributed by atoms with Gasteiger partial charge in [0.1, 0.15) is 4.88 Å². The monoisotopic (exact) mass is 464 g/mol. The van der Waals surface area contributed by atoms with Gasteiger partial charge in [0.05, 0.1) is 10.7 Å². The topological polar surface area (TPSA) is 91.8 Å². The van der Waals surface area contributed by atoms with E-state index in [1.54, 1.807) is 9.80 Å². The van der Waals surface area contributed by atoms with Crippen molar-refractivity contribution in [3.8, 4) is 11.3 Å². The van der Waals surface area contributed by atoms with Gasteiger partial charge >= 0.3 is 12.0 Å². The van der Waals surface area contributed by atoms with E-state index >= 15 is 0 Å². The molecule has 4 rings (SSSR count). The maximum absolute atomic E-state index is 12.7. The number of ether oxygens (including phenoxy) is 1. The van der Waals surface area contributed by atoms with Crippen LogP contribution in [0, 0.1) is 6.92 Å². The molecule has 170 valence electrons. The lowest BCUT2D eigenvalue weighted by atomic mass is 10.1. The highest BCUT2D eigenvalue weighted by molar-refractivity contribution is 7.14. The Morgan fingerprint density at radius 2 is 1.55 bits per heavy atom. The molecule has 0 bridgehead atoms. The van der Waals surface area contributed by atoms with Crippen LogP contribution in [0.5, 0.6) is 0 Å². The zero-order valence-corrected chi connectivity index (χ0v) is 19.0. The van der Waals surface area contributed by atoms with E-state index in [1.807, 2.05) is 67.6 Å². The van der Waals surface area contributed by atoms with Crippen LogP contribution < -0.4 is 5.32 Å². The first-order valence-electron chi connectivity index (χ1n) is 10.6. The van der Waals surface area contributed by atoms with Gasteiger partial charge in [-0.1, -0.05) is 48.5 Å². The second-order valence-electron chi connectivity index (χ2n) is 7.52. The lowest BCUT2D eigenvalue weighted by molar-refractivity contribution is -0.135. The number of carbonyl (C=O) groups is 3. The molecule has 0 saturated carbocycles. The van der Waals surface area contributed by atoms with Crippen LogP contribution in [0.3, 0.4) is 0 Å². The van der Waals surface area contributed by atoms with E-state index in [0.29, 0.717) is 36.8 Å². The predicted molar refractivity (Wildman–Crippen MR) is 126 cm³/mol. The molecule has 0 aliphatic carbocycles. The van der Waals surface area contributed by atoms with Crippen molar-refractivity contribution in [3.05, 3.63) is 70.5 Å². The number of anilines is 1. The third kappa shape index (κ3) is 5.56. The number of aryl methyl sites for hydroxylation is 1. The second kappa shape index (κ2) is 10.3. The molecule has 1 N–H and O–H groups in total. The minimum absolute atomic E-state index is 0.200. The number of piperazine rings is 1. The van der Waals surface area contributed by atoms with Gasteiger partial charge < -0.3 is 19.9 Å². The molecule has 2 heterocycles. The quantitative estimate of drug-likeness (QED) is 0.582. The Morgan fingerprint density at radius 1 is 0.939 bits per heavy atom. The van der Waals surface area contributed by atoms with Crippen molar-refractivity contribution < 1.29 is 19.1 Å². The van der Waals surface area contributed by atoms with Crippen LogP contribution in [0.15, 0.2) is 60.7 Å². The molecule has 1 aromatic heterocycles. The molecule has 9 heteroatoms. The zero-order chi connectivity index (χ0) is 23.2. The van der Waals surface area contributed by atoms with E-state index in [2.05, 4.69) is 10.3 Å². The predicted octanol–water partition coefficient (Wildman–Crippen LogP) is 3.65. The summed E-state index contributed by atoms with van der Waals surface area (Å²) in [5.41, 5.74) is 2.11. The van der Waals surface area contributed by atoms with Crippen molar-refractivity contribution in [1.82, 2.24) is 14.8 Å². The first kappa shape index (κ1) is 22.5. The molecule has 3 amide bonds. The molecule has 0 unspecified atom stereocenters. The van der Waals surface area contributed by atoms with Crippen LogP contribution in [-0.4, -0.2) is 65.5 Å². The van der Waals surface area contributed by atoms with Crippen LogP contribution in [-0.2, 0) is 9.53 Å². The number of amides is 3. The van der Waals surface area contributed by atoms with Gasteiger partial charge in [-0.15, -0.1) is 11.3 Å². The largest absolute Gasteiger partial charge is 0.451 e. The van der Waals surface area contributed by atoms with Crippen LogP contribution in [0.4, 0.5) is 10.5 Å². The zero-order valence-electron chi connectivity index (χ0n) is 18.2. The Hall–Kier alpha value is -3.72. The van der Waals surface area contributed by atoms with Crippen LogP contribution in [0.1, 0.15) is 14.7 Å². The first-order chi connectivity index (χ1) is 16.0. The van der Waals surface area contributed by atoms with Crippen molar-refractivity contribution in [2.75, 3.05) is 38.1 Å². The number of nitrogens with zero attached hydrogens (tertiary/aromatic N) is 3. The Balaban J connectivity index is 1.28. The number of rotatable bonds is 5. The molecular weight excluding hydrogens is 440 g/mol. The molecule has 0 atom stereocenters. The first-order valence-corrected chi connectivity index (χ1v) is 11.4.